The van der Waals surface area contributed by atoms with Crippen LogP contribution in [0.25, 0.3) is 0 Å². The zero-order chi connectivity index (χ0) is 21.3. The van der Waals surface area contributed by atoms with E-state index in [2.05, 4.69) is 53.6 Å². The van der Waals surface area contributed by atoms with Crippen molar-refractivity contribution in [2.75, 3.05) is 18.4 Å². The Balaban J connectivity index is 1.48. The van der Waals surface area contributed by atoms with E-state index in [1.807, 2.05) is 36.4 Å². The van der Waals surface area contributed by atoms with E-state index in [9.17, 15) is 10.1 Å². The van der Waals surface area contributed by atoms with Crippen LogP contribution in [0, 0.1) is 11.3 Å². The van der Waals surface area contributed by atoms with Gasteiger partial charge in [-0.25, -0.2) is 0 Å². The largest absolute Gasteiger partial charge is 0.387 e. The SMILES string of the molecule is CC(C)c1ccc(NC(=O)/C(C#N)=C\NC2CCN(Cc3ccccc3)CC2)cc1. The molecule has 0 radical (unpaired) electrons. The first kappa shape index (κ1) is 21.6. The van der Waals surface area contributed by atoms with Crippen molar-refractivity contribution in [3.63, 3.8) is 0 Å². The van der Waals surface area contributed by atoms with Gasteiger partial charge in [0.2, 0.25) is 0 Å². The number of nitriles is 1. The van der Waals surface area contributed by atoms with Gasteiger partial charge in [-0.05, 0) is 42.0 Å². The van der Waals surface area contributed by atoms with Crippen LogP contribution in [0.15, 0.2) is 66.4 Å². The first-order chi connectivity index (χ1) is 14.5. The first-order valence-electron chi connectivity index (χ1n) is 10.6. The molecule has 30 heavy (non-hydrogen) atoms. The van der Waals surface area contributed by atoms with Gasteiger partial charge in [0, 0.05) is 37.6 Å². The highest BCUT2D eigenvalue weighted by atomic mass is 16.1. The lowest BCUT2D eigenvalue weighted by Crippen LogP contribution is -2.40. The van der Waals surface area contributed by atoms with Gasteiger partial charge in [-0.3, -0.25) is 9.69 Å². The highest BCUT2D eigenvalue weighted by Crippen LogP contribution is 2.18. The van der Waals surface area contributed by atoms with E-state index < -0.39 is 0 Å². The third-order valence-electron chi connectivity index (χ3n) is 5.50. The summed E-state index contributed by atoms with van der Waals surface area (Å²) in [6.45, 7) is 7.21. The molecule has 1 aliphatic rings. The Morgan fingerprint density at radius 2 is 1.80 bits per heavy atom. The molecule has 1 saturated heterocycles. The van der Waals surface area contributed by atoms with E-state index in [1.54, 1.807) is 6.20 Å². The molecule has 0 atom stereocenters. The van der Waals surface area contributed by atoms with Crippen molar-refractivity contribution in [2.24, 2.45) is 0 Å². The number of carbonyl (C=O) groups excluding carboxylic acids is 1. The van der Waals surface area contributed by atoms with Crippen molar-refractivity contribution < 1.29 is 4.79 Å². The molecule has 0 saturated carbocycles. The molecule has 156 valence electrons. The van der Waals surface area contributed by atoms with E-state index in [0.717, 1.165) is 32.5 Å². The number of benzene rings is 2. The molecule has 1 fully saturated rings. The van der Waals surface area contributed by atoms with Gasteiger partial charge in [0.05, 0.1) is 0 Å². The molecule has 0 spiro atoms. The summed E-state index contributed by atoms with van der Waals surface area (Å²) < 4.78 is 0. The monoisotopic (exact) mass is 402 g/mol. The molecule has 0 aromatic heterocycles. The Morgan fingerprint density at radius 1 is 1.13 bits per heavy atom. The van der Waals surface area contributed by atoms with Crippen molar-refractivity contribution in [1.29, 1.82) is 5.26 Å². The van der Waals surface area contributed by atoms with Crippen molar-refractivity contribution >= 4 is 11.6 Å². The number of rotatable bonds is 7. The van der Waals surface area contributed by atoms with E-state index in [0.29, 0.717) is 11.6 Å². The van der Waals surface area contributed by atoms with Crippen molar-refractivity contribution in [1.82, 2.24) is 10.2 Å². The molecule has 2 aromatic carbocycles. The maximum atomic E-state index is 12.4. The van der Waals surface area contributed by atoms with E-state index >= 15 is 0 Å². The second kappa shape index (κ2) is 10.6. The van der Waals surface area contributed by atoms with Crippen molar-refractivity contribution in [3.05, 3.63) is 77.5 Å². The van der Waals surface area contributed by atoms with Crippen LogP contribution in [0.5, 0.6) is 0 Å². The topological polar surface area (TPSA) is 68.2 Å². The van der Waals surface area contributed by atoms with E-state index in [1.165, 1.54) is 11.1 Å². The van der Waals surface area contributed by atoms with Gasteiger partial charge >= 0.3 is 0 Å². The Morgan fingerprint density at radius 3 is 2.40 bits per heavy atom. The molecule has 1 heterocycles. The van der Waals surface area contributed by atoms with Crippen molar-refractivity contribution in [2.45, 2.75) is 45.2 Å². The Bertz CT molecular complexity index is 889. The molecule has 2 aromatic rings. The van der Waals surface area contributed by atoms with Gasteiger partial charge in [0.1, 0.15) is 11.6 Å². The number of hydrogen-bond donors (Lipinski definition) is 2. The van der Waals surface area contributed by atoms with Crippen LogP contribution < -0.4 is 10.6 Å². The molecule has 5 heteroatoms. The third-order valence-corrected chi connectivity index (χ3v) is 5.50. The number of nitrogens with one attached hydrogen (secondary N) is 2. The minimum atomic E-state index is -0.385. The minimum Gasteiger partial charge on any atom is -0.387 e. The quantitative estimate of drug-likeness (QED) is 0.532. The fourth-order valence-corrected chi connectivity index (χ4v) is 3.60. The summed E-state index contributed by atoms with van der Waals surface area (Å²) in [5, 5.41) is 15.5. The standard InChI is InChI=1S/C25H30N4O/c1-19(2)21-8-10-24(11-9-21)28-25(30)22(16-26)17-27-23-12-14-29(15-13-23)18-20-6-4-3-5-7-20/h3-11,17,19,23,27H,12-15,18H2,1-2H3,(H,28,30)/b22-17-. The molecule has 0 unspecified atom stereocenters. The lowest BCUT2D eigenvalue weighted by Gasteiger charge is -2.32. The number of nitrogens with zero attached hydrogens (tertiary/aromatic N) is 2. The summed E-state index contributed by atoms with van der Waals surface area (Å²) in [5.74, 6) is 0.0523. The zero-order valence-corrected chi connectivity index (χ0v) is 17.8. The summed E-state index contributed by atoms with van der Waals surface area (Å²) in [5.41, 5.74) is 3.33. The summed E-state index contributed by atoms with van der Waals surface area (Å²) in [4.78, 5) is 14.9. The average molecular weight is 403 g/mol. The fraction of sp³-hybridized carbons (Fsp3) is 0.360. The maximum Gasteiger partial charge on any atom is 0.267 e. The highest BCUT2D eigenvalue weighted by molar-refractivity contribution is 6.06. The second-order valence-corrected chi connectivity index (χ2v) is 8.10. The highest BCUT2D eigenvalue weighted by Gasteiger charge is 2.19. The number of carbonyl (C=O) groups is 1. The van der Waals surface area contributed by atoms with Crippen LogP contribution in [0.4, 0.5) is 5.69 Å². The molecule has 5 nitrogen and oxygen atoms in total. The van der Waals surface area contributed by atoms with Crippen LogP contribution in [-0.4, -0.2) is 29.9 Å². The normalized spacial score (nSPS) is 15.6. The molecule has 2 N–H and O–H groups in total. The van der Waals surface area contributed by atoms with Crippen LogP contribution in [0.3, 0.4) is 0 Å². The third kappa shape index (κ3) is 6.20. The molecule has 0 bridgehead atoms. The van der Waals surface area contributed by atoms with Gasteiger partial charge < -0.3 is 10.6 Å². The number of piperidine rings is 1. The summed E-state index contributed by atoms with van der Waals surface area (Å²) in [7, 11) is 0. The predicted octanol–water partition coefficient (Wildman–Crippen LogP) is 4.41. The minimum absolute atomic E-state index is 0.0923. The number of amides is 1. The molecule has 0 aliphatic carbocycles. The van der Waals surface area contributed by atoms with Crippen LogP contribution in [0.2, 0.25) is 0 Å². The number of hydrogen-bond acceptors (Lipinski definition) is 4. The van der Waals surface area contributed by atoms with Crippen molar-refractivity contribution in [3.8, 4) is 6.07 Å². The summed E-state index contributed by atoms with van der Waals surface area (Å²) in [6, 6.07) is 20.5. The lowest BCUT2D eigenvalue weighted by atomic mass is 10.0. The predicted molar refractivity (Wildman–Crippen MR) is 121 cm³/mol. The molecule has 1 aliphatic heterocycles. The fourth-order valence-electron chi connectivity index (χ4n) is 3.60. The Kier molecular flexibility index (Phi) is 7.64. The Labute approximate surface area is 179 Å². The maximum absolute atomic E-state index is 12.4. The average Bonchev–Trinajstić information content (AvgIpc) is 2.76. The van der Waals surface area contributed by atoms with E-state index in [-0.39, 0.29) is 17.5 Å². The zero-order valence-electron chi connectivity index (χ0n) is 17.8. The van der Waals surface area contributed by atoms with Crippen LogP contribution >= 0.6 is 0 Å². The molecule has 3 rings (SSSR count). The van der Waals surface area contributed by atoms with Gasteiger partial charge in [0.25, 0.3) is 5.91 Å². The number of anilines is 1. The second-order valence-electron chi connectivity index (χ2n) is 8.10. The summed E-state index contributed by atoms with van der Waals surface area (Å²) in [6.07, 6.45) is 3.54. The van der Waals surface area contributed by atoms with Crippen LogP contribution in [0.1, 0.15) is 43.7 Å². The van der Waals surface area contributed by atoms with Gasteiger partial charge in [0.15, 0.2) is 0 Å². The van der Waals surface area contributed by atoms with Gasteiger partial charge in [-0.15, -0.1) is 0 Å². The molecular weight excluding hydrogens is 372 g/mol. The molecular formula is C25H30N4O. The smallest absolute Gasteiger partial charge is 0.267 e. The van der Waals surface area contributed by atoms with Gasteiger partial charge in [-0.1, -0.05) is 56.3 Å². The lowest BCUT2D eigenvalue weighted by molar-refractivity contribution is -0.112. The van der Waals surface area contributed by atoms with Crippen LogP contribution in [-0.2, 0) is 11.3 Å². The first-order valence-corrected chi connectivity index (χ1v) is 10.6. The Hall–Kier alpha value is -3.10. The van der Waals surface area contributed by atoms with Gasteiger partial charge in [-0.2, -0.15) is 5.26 Å². The number of likely N-dealkylation sites (tertiary alicyclic amines) is 1. The van der Waals surface area contributed by atoms with E-state index in [4.69, 9.17) is 0 Å². The summed E-state index contributed by atoms with van der Waals surface area (Å²) >= 11 is 0. The molecule has 1 amide bonds.